The van der Waals surface area contributed by atoms with Crippen LogP contribution in [0.3, 0.4) is 0 Å². The van der Waals surface area contributed by atoms with Crippen molar-refractivity contribution in [1.82, 2.24) is 14.1 Å². The molecule has 27 heavy (non-hydrogen) atoms. The fraction of sp³-hybridized carbons (Fsp3) is 0.611. The molecule has 9 heteroatoms. The molecular formula is C18H28ClN3O4S. The summed E-state index contributed by atoms with van der Waals surface area (Å²) in [6, 6.07) is 4.37. The Balaban J connectivity index is 2.11. The number of piperazine rings is 1. The SMILES string of the molecule is CCOc1ccc(S(=O)(=O)N(CC)CC(=O)N2CCN(CC)CC2)cc1Cl. The maximum atomic E-state index is 12.9. The van der Waals surface area contributed by atoms with E-state index in [1.165, 1.54) is 16.4 Å². The molecule has 0 spiro atoms. The van der Waals surface area contributed by atoms with Crippen molar-refractivity contribution in [3.8, 4) is 5.75 Å². The van der Waals surface area contributed by atoms with Crippen LogP contribution >= 0.6 is 11.6 Å². The summed E-state index contributed by atoms with van der Waals surface area (Å²) in [6.07, 6.45) is 0. The molecule has 0 unspecified atom stereocenters. The fourth-order valence-corrected chi connectivity index (χ4v) is 4.72. The number of likely N-dealkylation sites (N-methyl/N-ethyl adjacent to an activating group) is 2. The lowest BCUT2D eigenvalue weighted by Gasteiger charge is -2.35. The molecule has 0 aliphatic carbocycles. The number of benzene rings is 1. The fourth-order valence-electron chi connectivity index (χ4n) is 2.99. The zero-order valence-corrected chi connectivity index (χ0v) is 17.7. The minimum absolute atomic E-state index is 0.0569. The summed E-state index contributed by atoms with van der Waals surface area (Å²) in [4.78, 5) is 16.7. The molecule has 0 saturated carbocycles. The lowest BCUT2D eigenvalue weighted by Crippen LogP contribution is -2.51. The van der Waals surface area contributed by atoms with Crippen LogP contribution in [0.5, 0.6) is 5.75 Å². The van der Waals surface area contributed by atoms with Crippen LogP contribution in [0.4, 0.5) is 0 Å². The number of hydrogen-bond donors (Lipinski definition) is 0. The predicted octanol–water partition coefficient (Wildman–Crippen LogP) is 1.91. The van der Waals surface area contributed by atoms with E-state index in [9.17, 15) is 13.2 Å². The summed E-state index contributed by atoms with van der Waals surface area (Å²) in [5.41, 5.74) is 0. The van der Waals surface area contributed by atoms with E-state index in [4.69, 9.17) is 16.3 Å². The lowest BCUT2D eigenvalue weighted by molar-refractivity contribution is -0.133. The van der Waals surface area contributed by atoms with E-state index in [2.05, 4.69) is 11.8 Å². The Labute approximate surface area is 166 Å². The number of hydrogen-bond acceptors (Lipinski definition) is 5. The predicted molar refractivity (Wildman–Crippen MR) is 106 cm³/mol. The quantitative estimate of drug-likeness (QED) is 0.646. The van der Waals surface area contributed by atoms with Gasteiger partial charge >= 0.3 is 0 Å². The normalized spacial score (nSPS) is 16.0. The van der Waals surface area contributed by atoms with Gasteiger partial charge in [0.2, 0.25) is 15.9 Å². The van der Waals surface area contributed by atoms with Gasteiger partial charge in [0.25, 0.3) is 0 Å². The summed E-state index contributed by atoms with van der Waals surface area (Å²) in [7, 11) is -3.82. The zero-order chi connectivity index (χ0) is 20.0. The number of carbonyl (C=O) groups excluding carboxylic acids is 1. The molecule has 1 aromatic carbocycles. The van der Waals surface area contributed by atoms with E-state index in [1.54, 1.807) is 17.9 Å². The van der Waals surface area contributed by atoms with Gasteiger partial charge in [-0.2, -0.15) is 4.31 Å². The maximum Gasteiger partial charge on any atom is 0.243 e. The first kappa shape index (κ1) is 21.9. The van der Waals surface area contributed by atoms with Crippen molar-refractivity contribution in [2.75, 3.05) is 52.4 Å². The van der Waals surface area contributed by atoms with Crippen molar-refractivity contribution in [2.45, 2.75) is 25.7 Å². The molecule has 1 heterocycles. The number of nitrogens with zero attached hydrogens (tertiary/aromatic N) is 3. The van der Waals surface area contributed by atoms with Gasteiger partial charge in [-0.05, 0) is 31.7 Å². The number of carbonyl (C=O) groups is 1. The topological polar surface area (TPSA) is 70.2 Å². The Morgan fingerprint density at radius 2 is 1.85 bits per heavy atom. The second kappa shape index (κ2) is 9.73. The van der Waals surface area contributed by atoms with Gasteiger partial charge in [-0.1, -0.05) is 25.4 Å². The van der Waals surface area contributed by atoms with Crippen LogP contribution in [-0.2, 0) is 14.8 Å². The molecule has 0 radical (unpaired) electrons. The van der Waals surface area contributed by atoms with Gasteiger partial charge in [-0.3, -0.25) is 4.79 Å². The third kappa shape index (κ3) is 5.34. The Morgan fingerprint density at radius 3 is 2.37 bits per heavy atom. The Hall–Kier alpha value is -1.35. The average Bonchev–Trinajstić information content (AvgIpc) is 2.67. The second-order valence-electron chi connectivity index (χ2n) is 6.27. The van der Waals surface area contributed by atoms with E-state index >= 15 is 0 Å². The van der Waals surface area contributed by atoms with E-state index < -0.39 is 10.0 Å². The number of rotatable bonds is 8. The Kier molecular flexibility index (Phi) is 7.91. The monoisotopic (exact) mass is 417 g/mol. The first-order valence-corrected chi connectivity index (χ1v) is 11.1. The largest absolute Gasteiger partial charge is 0.492 e. The molecule has 152 valence electrons. The van der Waals surface area contributed by atoms with Crippen molar-refractivity contribution >= 4 is 27.5 Å². The molecule has 0 aromatic heterocycles. The van der Waals surface area contributed by atoms with Gasteiger partial charge < -0.3 is 14.5 Å². The Morgan fingerprint density at radius 1 is 1.19 bits per heavy atom. The first-order valence-electron chi connectivity index (χ1n) is 9.26. The molecule has 7 nitrogen and oxygen atoms in total. The molecular weight excluding hydrogens is 390 g/mol. The van der Waals surface area contributed by atoms with Crippen LogP contribution in [-0.4, -0.2) is 80.9 Å². The molecule has 1 aliphatic heterocycles. The smallest absolute Gasteiger partial charge is 0.243 e. The minimum atomic E-state index is -3.82. The third-order valence-electron chi connectivity index (χ3n) is 4.68. The second-order valence-corrected chi connectivity index (χ2v) is 8.62. The van der Waals surface area contributed by atoms with Crippen molar-refractivity contribution in [3.63, 3.8) is 0 Å². The summed E-state index contributed by atoms with van der Waals surface area (Å²) < 4.78 is 32.4. The van der Waals surface area contributed by atoms with Crippen molar-refractivity contribution < 1.29 is 17.9 Å². The number of sulfonamides is 1. The zero-order valence-electron chi connectivity index (χ0n) is 16.1. The van der Waals surface area contributed by atoms with E-state index in [-0.39, 0.29) is 28.9 Å². The van der Waals surface area contributed by atoms with Gasteiger partial charge in [0.05, 0.1) is 23.1 Å². The van der Waals surface area contributed by atoms with Gasteiger partial charge in [0.15, 0.2) is 0 Å². The third-order valence-corrected chi connectivity index (χ3v) is 6.89. The van der Waals surface area contributed by atoms with Gasteiger partial charge in [0.1, 0.15) is 5.75 Å². The van der Waals surface area contributed by atoms with Crippen LogP contribution in [0.25, 0.3) is 0 Å². The number of amides is 1. The summed E-state index contributed by atoms with van der Waals surface area (Å²) in [5, 5.41) is 0.232. The van der Waals surface area contributed by atoms with Crippen molar-refractivity contribution in [1.29, 1.82) is 0 Å². The molecule has 1 aromatic rings. The lowest BCUT2D eigenvalue weighted by atomic mass is 10.3. The number of halogens is 1. The van der Waals surface area contributed by atoms with Crippen molar-refractivity contribution in [2.24, 2.45) is 0 Å². The molecule has 1 fully saturated rings. The summed E-state index contributed by atoms with van der Waals surface area (Å²) in [6.45, 7) is 9.93. The van der Waals surface area contributed by atoms with Crippen LogP contribution in [0, 0.1) is 0 Å². The van der Waals surface area contributed by atoms with Gasteiger partial charge in [-0.25, -0.2) is 8.42 Å². The molecule has 2 rings (SSSR count). The highest BCUT2D eigenvalue weighted by atomic mass is 35.5. The standard InChI is InChI=1S/C18H28ClN3O4S/c1-4-20-9-11-21(12-10-20)18(23)14-22(5-2)27(24,25)15-7-8-17(26-6-3)16(19)13-15/h7-8,13H,4-6,9-12,14H2,1-3H3. The molecule has 0 bridgehead atoms. The van der Waals surface area contributed by atoms with E-state index in [0.29, 0.717) is 25.4 Å². The Bertz CT molecular complexity index is 749. The molecule has 1 amide bonds. The summed E-state index contributed by atoms with van der Waals surface area (Å²) in [5.74, 6) is 0.263. The number of ether oxygens (including phenoxy) is 1. The van der Waals surface area contributed by atoms with Crippen molar-refractivity contribution in [3.05, 3.63) is 23.2 Å². The molecule has 0 atom stereocenters. The highest BCUT2D eigenvalue weighted by Crippen LogP contribution is 2.28. The van der Waals surface area contributed by atoms with E-state index in [1.807, 2.05) is 6.92 Å². The summed E-state index contributed by atoms with van der Waals surface area (Å²) >= 11 is 6.13. The molecule has 1 saturated heterocycles. The van der Waals surface area contributed by atoms with Gasteiger partial charge in [-0.15, -0.1) is 0 Å². The van der Waals surface area contributed by atoms with Gasteiger partial charge in [0, 0.05) is 32.7 Å². The van der Waals surface area contributed by atoms with Crippen LogP contribution < -0.4 is 4.74 Å². The average molecular weight is 418 g/mol. The minimum Gasteiger partial charge on any atom is -0.492 e. The van der Waals surface area contributed by atoms with Crippen LogP contribution in [0.1, 0.15) is 20.8 Å². The van der Waals surface area contributed by atoms with Crippen LogP contribution in [0.2, 0.25) is 5.02 Å². The van der Waals surface area contributed by atoms with E-state index in [0.717, 1.165) is 19.6 Å². The highest BCUT2D eigenvalue weighted by Gasteiger charge is 2.29. The maximum absolute atomic E-state index is 12.9. The van der Waals surface area contributed by atoms with Crippen LogP contribution in [0.15, 0.2) is 23.1 Å². The molecule has 1 aliphatic rings. The molecule has 0 N–H and O–H groups in total. The highest BCUT2D eigenvalue weighted by molar-refractivity contribution is 7.89. The first-order chi connectivity index (χ1) is 12.8.